The van der Waals surface area contributed by atoms with E-state index in [2.05, 4.69) is 41.5 Å². The van der Waals surface area contributed by atoms with Crippen LogP contribution in [0.25, 0.3) is 0 Å². The Balaban J connectivity index is 2.08. The molecule has 0 heterocycles. The van der Waals surface area contributed by atoms with Gasteiger partial charge in [0.15, 0.2) is 5.11 Å². The van der Waals surface area contributed by atoms with Gasteiger partial charge in [-0.15, -0.1) is 0 Å². The topological polar surface area (TPSA) is 27.3 Å². The average Bonchev–Trinajstić information content (AvgIpc) is 2.54. The van der Waals surface area contributed by atoms with Crippen molar-refractivity contribution in [2.45, 2.75) is 27.7 Å². The molecule has 2 aromatic rings. The number of benzene rings is 2. The van der Waals surface area contributed by atoms with Gasteiger partial charge in [-0.2, -0.15) is 0 Å². The molecular formula is C19H24FN3S. The molecular weight excluding hydrogens is 321 g/mol. The summed E-state index contributed by atoms with van der Waals surface area (Å²) in [6, 6.07) is 11.2. The van der Waals surface area contributed by atoms with Gasteiger partial charge in [0.2, 0.25) is 0 Å². The first-order chi connectivity index (χ1) is 11.4. The minimum atomic E-state index is -0.312. The number of rotatable bonds is 5. The first kappa shape index (κ1) is 18.2. The Morgan fingerprint density at radius 3 is 2.21 bits per heavy atom. The van der Waals surface area contributed by atoms with Crippen molar-refractivity contribution in [3.05, 3.63) is 53.3 Å². The van der Waals surface area contributed by atoms with E-state index in [0.717, 1.165) is 29.9 Å². The second-order valence-electron chi connectivity index (χ2n) is 5.73. The van der Waals surface area contributed by atoms with Gasteiger partial charge in [0.05, 0.1) is 5.69 Å². The van der Waals surface area contributed by atoms with Gasteiger partial charge in [-0.05, 0) is 81.4 Å². The summed E-state index contributed by atoms with van der Waals surface area (Å²) in [6.07, 6.45) is 0. The van der Waals surface area contributed by atoms with Crippen LogP contribution < -0.4 is 15.5 Å². The largest absolute Gasteiger partial charge is 0.372 e. The Kier molecular flexibility index (Phi) is 6.15. The molecule has 0 saturated carbocycles. The van der Waals surface area contributed by atoms with Crippen molar-refractivity contribution in [1.29, 1.82) is 0 Å². The van der Waals surface area contributed by atoms with Crippen molar-refractivity contribution in [1.82, 2.24) is 0 Å². The van der Waals surface area contributed by atoms with Gasteiger partial charge in [0.25, 0.3) is 0 Å². The first-order valence-electron chi connectivity index (χ1n) is 8.14. The Hall–Kier alpha value is -2.14. The van der Waals surface area contributed by atoms with E-state index in [-0.39, 0.29) is 5.82 Å². The number of aryl methyl sites for hydroxylation is 2. The van der Waals surface area contributed by atoms with Gasteiger partial charge in [0.1, 0.15) is 5.82 Å². The molecule has 128 valence electrons. The third kappa shape index (κ3) is 4.45. The Morgan fingerprint density at radius 1 is 1.00 bits per heavy atom. The van der Waals surface area contributed by atoms with E-state index < -0.39 is 0 Å². The summed E-state index contributed by atoms with van der Waals surface area (Å²) in [5.41, 5.74) is 4.44. The van der Waals surface area contributed by atoms with Crippen molar-refractivity contribution in [3.8, 4) is 0 Å². The number of thiocarbonyl (C=S) groups is 1. The van der Waals surface area contributed by atoms with Crippen molar-refractivity contribution in [2.24, 2.45) is 0 Å². The summed E-state index contributed by atoms with van der Waals surface area (Å²) in [5.74, 6) is -0.312. The third-order valence-electron chi connectivity index (χ3n) is 3.96. The molecule has 3 nitrogen and oxygen atoms in total. The molecule has 0 fully saturated rings. The van der Waals surface area contributed by atoms with Crippen molar-refractivity contribution in [3.63, 3.8) is 0 Å². The Bertz CT molecular complexity index is 727. The van der Waals surface area contributed by atoms with Crippen LogP contribution in [-0.4, -0.2) is 18.2 Å². The number of hydrogen-bond acceptors (Lipinski definition) is 2. The number of nitrogens with zero attached hydrogens (tertiary/aromatic N) is 1. The zero-order valence-electron chi connectivity index (χ0n) is 14.6. The fraction of sp³-hybridized carbons (Fsp3) is 0.316. The highest BCUT2D eigenvalue weighted by Crippen LogP contribution is 2.23. The molecule has 0 radical (unpaired) electrons. The molecule has 0 aromatic heterocycles. The highest BCUT2D eigenvalue weighted by Gasteiger charge is 2.08. The van der Waals surface area contributed by atoms with Crippen molar-refractivity contribution in [2.75, 3.05) is 28.6 Å². The molecule has 0 atom stereocenters. The highest BCUT2D eigenvalue weighted by molar-refractivity contribution is 7.80. The summed E-state index contributed by atoms with van der Waals surface area (Å²) in [7, 11) is 0. The van der Waals surface area contributed by atoms with E-state index in [4.69, 9.17) is 12.2 Å². The lowest BCUT2D eigenvalue weighted by molar-refractivity contribution is 0.631. The van der Waals surface area contributed by atoms with Gasteiger partial charge in [0, 0.05) is 24.5 Å². The number of anilines is 3. The predicted octanol–water partition coefficient (Wildman–Crippen LogP) is 5.10. The third-order valence-corrected chi connectivity index (χ3v) is 4.16. The quantitative estimate of drug-likeness (QED) is 0.738. The number of halogens is 1. The molecule has 0 aliphatic carbocycles. The van der Waals surface area contributed by atoms with Crippen molar-refractivity contribution >= 4 is 34.4 Å². The SMILES string of the molecule is CCN(CC)c1ccc(NC(=S)Nc2ccc(C)cc2F)c(C)c1. The fourth-order valence-electron chi connectivity index (χ4n) is 2.57. The van der Waals surface area contributed by atoms with Gasteiger partial charge in [-0.25, -0.2) is 4.39 Å². The predicted molar refractivity (Wildman–Crippen MR) is 106 cm³/mol. The van der Waals surface area contributed by atoms with Crippen LogP contribution in [-0.2, 0) is 0 Å². The molecule has 0 aliphatic heterocycles. The second kappa shape index (κ2) is 8.11. The number of nitrogens with one attached hydrogen (secondary N) is 2. The van der Waals surface area contributed by atoms with Gasteiger partial charge >= 0.3 is 0 Å². The molecule has 0 bridgehead atoms. The van der Waals surface area contributed by atoms with E-state index in [9.17, 15) is 4.39 Å². The smallest absolute Gasteiger partial charge is 0.175 e. The maximum absolute atomic E-state index is 13.9. The molecule has 2 rings (SSSR count). The molecule has 5 heteroatoms. The van der Waals surface area contributed by atoms with E-state index >= 15 is 0 Å². The van der Waals surface area contributed by atoms with Crippen molar-refractivity contribution < 1.29 is 4.39 Å². The van der Waals surface area contributed by atoms with Crippen LogP contribution in [0.5, 0.6) is 0 Å². The first-order valence-corrected chi connectivity index (χ1v) is 8.55. The summed E-state index contributed by atoms with van der Waals surface area (Å²) in [4.78, 5) is 2.29. The Labute approximate surface area is 148 Å². The van der Waals surface area contributed by atoms with Gasteiger partial charge in [-0.1, -0.05) is 6.07 Å². The lowest BCUT2D eigenvalue weighted by Gasteiger charge is -2.22. The molecule has 2 N–H and O–H groups in total. The van der Waals surface area contributed by atoms with E-state index in [1.54, 1.807) is 6.07 Å². The monoisotopic (exact) mass is 345 g/mol. The van der Waals surface area contributed by atoms with E-state index in [0.29, 0.717) is 10.8 Å². The Morgan fingerprint density at radius 2 is 1.62 bits per heavy atom. The highest BCUT2D eigenvalue weighted by atomic mass is 32.1. The van der Waals surface area contributed by atoms with Crippen LogP contribution >= 0.6 is 12.2 Å². The normalized spacial score (nSPS) is 10.4. The minimum absolute atomic E-state index is 0.312. The summed E-state index contributed by atoms with van der Waals surface area (Å²) in [5, 5.41) is 6.42. The van der Waals surface area contributed by atoms with E-state index in [1.165, 1.54) is 11.8 Å². The lowest BCUT2D eigenvalue weighted by Crippen LogP contribution is -2.23. The zero-order valence-corrected chi connectivity index (χ0v) is 15.4. The van der Waals surface area contributed by atoms with Crippen LogP contribution in [0.1, 0.15) is 25.0 Å². The van der Waals surface area contributed by atoms with Gasteiger partial charge < -0.3 is 15.5 Å². The van der Waals surface area contributed by atoms with Crippen LogP contribution in [0.4, 0.5) is 21.5 Å². The minimum Gasteiger partial charge on any atom is -0.372 e. The standard InChI is InChI=1S/C19H24FN3S/c1-5-23(6-2)15-8-10-17(14(4)12-15)21-19(24)22-18-9-7-13(3)11-16(18)20/h7-12H,5-6H2,1-4H3,(H2,21,22,24). The molecule has 24 heavy (non-hydrogen) atoms. The molecule has 0 amide bonds. The maximum atomic E-state index is 13.9. The van der Waals surface area contributed by atoms with Gasteiger partial charge in [-0.3, -0.25) is 0 Å². The molecule has 0 spiro atoms. The summed E-state index contributed by atoms with van der Waals surface area (Å²) < 4.78 is 13.9. The molecule has 0 unspecified atom stereocenters. The van der Waals surface area contributed by atoms with E-state index in [1.807, 2.05) is 26.0 Å². The second-order valence-corrected chi connectivity index (χ2v) is 6.14. The van der Waals surface area contributed by atoms with Crippen LogP contribution in [0.2, 0.25) is 0 Å². The summed E-state index contributed by atoms with van der Waals surface area (Å²) in [6.45, 7) is 10.1. The average molecular weight is 345 g/mol. The molecule has 0 saturated heterocycles. The van der Waals surface area contributed by atoms with Crippen LogP contribution in [0, 0.1) is 19.7 Å². The van der Waals surface area contributed by atoms with Crippen LogP contribution in [0.15, 0.2) is 36.4 Å². The maximum Gasteiger partial charge on any atom is 0.175 e. The molecule has 2 aromatic carbocycles. The fourth-order valence-corrected chi connectivity index (χ4v) is 2.79. The number of hydrogen-bond donors (Lipinski definition) is 2. The zero-order chi connectivity index (χ0) is 17.7. The van der Waals surface area contributed by atoms with Crippen LogP contribution in [0.3, 0.4) is 0 Å². The lowest BCUT2D eigenvalue weighted by atomic mass is 10.1. The molecule has 0 aliphatic rings. The summed E-state index contributed by atoms with van der Waals surface area (Å²) >= 11 is 5.30.